The molecule has 7 nitrogen and oxygen atoms in total. The van der Waals surface area contributed by atoms with Crippen LogP contribution in [0.25, 0.3) is 15.9 Å². The zero-order chi connectivity index (χ0) is 20.7. The number of ether oxygens (including phenoxy) is 1. The minimum Gasteiger partial charge on any atom is -0.379 e. The number of imidazole rings is 1. The molecule has 5 rings (SSSR count). The van der Waals surface area contributed by atoms with Crippen molar-refractivity contribution in [3.63, 3.8) is 0 Å². The zero-order valence-electron chi connectivity index (χ0n) is 17.6. The number of aryl methyl sites for hydroxylation is 3. The topological polar surface area (TPSA) is 67.6 Å². The molecule has 156 valence electrons. The molecule has 1 aliphatic rings. The van der Waals surface area contributed by atoms with Gasteiger partial charge in [-0.2, -0.15) is 0 Å². The molecule has 0 atom stereocenters. The van der Waals surface area contributed by atoms with Crippen molar-refractivity contribution in [3.8, 4) is 0 Å². The summed E-state index contributed by atoms with van der Waals surface area (Å²) in [6.07, 6.45) is 4.11. The Bertz CT molecular complexity index is 1210. The molecule has 4 aromatic rings. The van der Waals surface area contributed by atoms with Crippen LogP contribution in [0.1, 0.15) is 27.5 Å². The predicted molar refractivity (Wildman–Crippen MR) is 120 cm³/mol. The summed E-state index contributed by atoms with van der Waals surface area (Å²) in [5, 5.41) is 4.68. The lowest BCUT2D eigenvalue weighted by Crippen LogP contribution is -2.36. The van der Waals surface area contributed by atoms with Gasteiger partial charge in [-0.15, -0.1) is 11.3 Å². The van der Waals surface area contributed by atoms with Crippen LogP contribution in [0.4, 0.5) is 5.82 Å². The highest BCUT2D eigenvalue weighted by Gasteiger charge is 2.18. The first-order valence-electron chi connectivity index (χ1n) is 10.3. The molecule has 0 saturated carbocycles. The molecule has 1 saturated heterocycles. The largest absolute Gasteiger partial charge is 0.379 e. The number of rotatable bonds is 5. The van der Waals surface area contributed by atoms with Crippen molar-refractivity contribution in [1.82, 2.24) is 24.3 Å². The fourth-order valence-electron chi connectivity index (χ4n) is 3.92. The maximum absolute atomic E-state index is 5.47. The Hall–Kier alpha value is -2.55. The number of thiophene rings is 1. The summed E-state index contributed by atoms with van der Waals surface area (Å²) in [5.74, 6) is 1.76. The van der Waals surface area contributed by atoms with Crippen LogP contribution < -0.4 is 5.32 Å². The molecule has 4 aromatic heterocycles. The van der Waals surface area contributed by atoms with Gasteiger partial charge in [-0.1, -0.05) is 6.07 Å². The Labute approximate surface area is 179 Å². The van der Waals surface area contributed by atoms with Crippen molar-refractivity contribution in [2.75, 3.05) is 31.6 Å². The van der Waals surface area contributed by atoms with Gasteiger partial charge in [0.1, 0.15) is 22.1 Å². The van der Waals surface area contributed by atoms with Gasteiger partial charge in [-0.3, -0.25) is 4.90 Å². The smallest absolute Gasteiger partial charge is 0.146 e. The first-order valence-corrected chi connectivity index (χ1v) is 11.1. The average molecular weight is 423 g/mol. The van der Waals surface area contributed by atoms with Crippen molar-refractivity contribution in [1.29, 1.82) is 0 Å². The molecular weight excluding hydrogens is 396 g/mol. The van der Waals surface area contributed by atoms with Gasteiger partial charge in [-0.25, -0.2) is 15.0 Å². The van der Waals surface area contributed by atoms with Crippen LogP contribution >= 0.6 is 11.3 Å². The predicted octanol–water partition coefficient (Wildman–Crippen LogP) is 3.71. The van der Waals surface area contributed by atoms with Crippen LogP contribution in [-0.2, 0) is 17.8 Å². The summed E-state index contributed by atoms with van der Waals surface area (Å²) >= 11 is 1.74. The summed E-state index contributed by atoms with van der Waals surface area (Å²) in [5.41, 5.74) is 4.42. The SMILES string of the molecule is Cc1sc2nc(CN3CCOCC3)nc(NCc3cn4cccc(C)c4n3)c2c1C. The fourth-order valence-corrected chi connectivity index (χ4v) is 4.96. The maximum Gasteiger partial charge on any atom is 0.146 e. The van der Waals surface area contributed by atoms with E-state index in [0.717, 1.165) is 66.0 Å². The summed E-state index contributed by atoms with van der Waals surface area (Å²) in [7, 11) is 0. The van der Waals surface area contributed by atoms with E-state index in [0.29, 0.717) is 6.54 Å². The Kier molecular flexibility index (Phi) is 5.14. The zero-order valence-corrected chi connectivity index (χ0v) is 18.4. The normalized spacial score (nSPS) is 15.3. The second-order valence-electron chi connectivity index (χ2n) is 7.85. The van der Waals surface area contributed by atoms with Crippen LogP contribution in [-0.4, -0.2) is 50.6 Å². The van der Waals surface area contributed by atoms with Gasteiger partial charge < -0.3 is 14.5 Å². The number of hydrogen-bond donors (Lipinski definition) is 1. The monoisotopic (exact) mass is 422 g/mol. The third-order valence-electron chi connectivity index (χ3n) is 5.71. The molecule has 0 amide bonds. The quantitative estimate of drug-likeness (QED) is 0.529. The molecule has 8 heteroatoms. The fraction of sp³-hybridized carbons (Fsp3) is 0.409. The minimum absolute atomic E-state index is 0.624. The molecule has 0 bridgehead atoms. The third-order valence-corrected chi connectivity index (χ3v) is 6.81. The molecule has 0 aromatic carbocycles. The lowest BCUT2D eigenvalue weighted by Gasteiger charge is -2.25. The van der Waals surface area contributed by atoms with E-state index >= 15 is 0 Å². The van der Waals surface area contributed by atoms with E-state index < -0.39 is 0 Å². The van der Waals surface area contributed by atoms with E-state index in [1.807, 2.05) is 12.3 Å². The minimum atomic E-state index is 0.624. The Morgan fingerprint density at radius 3 is 2.77 bits per heavy atom. The second kappa shape index (κ2) is 7.94. The Balaban J connectivity index is 1.45. The van der Waals surface area contributed by atoms with Crippen LogP contribution in [0.5, 0.6) is 0 Å². The first-order chi connectivity index (χ1) is 14.6. The summed E-state index contributed by atoms with van der Waals surface area (Å²) in [6, 6.07) is 4.13. The molecule has 0 unspecified atom stereocenters. The summed E-state index contributed by atoms with van der Waals surface area (Å²) < 4.78 is 7.54. The molecule has 0 aliphatic carbocycles. The number of nitrogens with zero attached hydrogens (tertiary/aromatic N) is 5. The molecule has 1 N–H and O–H groups in total. The van der Waals surface area contributed by atoms with Crippen molar-refractivity contribution in [3.05, 3.63) is 52.0 Å². The maximum atomic E-state index is 5.47. The third kappa shape index (κ3) is 3.66. The van der Waals surface area contributed by atoms with Gasteiger partial charge in [0.05, 0.1) is 37.4 Å². The van der Waals surface area contributed by atoms with E-state index in [1.54, 1.807) is 11.3 Å². The summed E-state index contributed by atoms with van der Waals surface area (Å²) in [4.78, 5) is 19.3. The lowest BCUT2D eigenvalue weighted by atomic mass is 10.2. The Morgan fingerprint density at radius 1 is 1.13 bits per heavy atom. The van der Waals surface area contributed by atoms with Crippen LogP contribution in [0.2, 0.25) is 0 Å². The highest BCUT2D eigenvalue weighted by Crippen LogP contribution is 2.33. The highest BCUT2D eigenvalue weighted by atomic mass is 32.1. The number of hydrogen-bond acceptors (Lipinski definition) is 7. The van der Waals surface area contributed by atoms with Crippen molar-refractivity contribution < 1.29 is 4.74 Å². The average Bonchev–Trinajstić information content (AvgIpc) is 3.29. The van der Waals surface area contributed by atoms with Crippen molar-refractivity contribution >= 4 is 33.0 Å². The lowest BCUT2D eigenvalue weighted by molar-refractivity contribution is 0.0331. The van der Waals surface area contributed by atoms with Gasteiger partial charge in [0.25, 0.3) is 0 Å². The molecule has 1 fully saturated rings. The van der Waals surface area contributed by atoms with Gasteiger partial charge in [-0.05, 0) is 38.0 Å². The molecule has 0 radical (unpaired) electrons. The van der Waals surface area contributed by atoms with E-state index in [2.05, 4.69) is 47.7 Å². The van der Waals surface area contributed by atoms with Gasteiger partial charge in [0, 0.05) is 30.4 Å². The van der Waals surface area contributed by atoms with Gasteiger partial charge in [0.2, 0.25) is 0 Å². The summed E-state index contributed by atoms with van der Waals surface area (Å²) in [6.45, 7) is 11.2. The van der Waals surface area contributed by atoms with Crippen LogP contribution in [0.3, 0.4) is 0 Å². The number of fused-ring (bicyclic) bond motifs is 2. The van der Waals surface area contributed by atoms with Crippen LogP contribution in [0, 0.1) is 20.8 Å². The molecule has 1 aliphatic heterocycles. The second-order valence-corrected chi connectivity index (χ2v) is 9.05. The number of aromatic nitrogens is 4. The van der Waals surface area contributed by atoms with Crippen molar-refractivity contribution in [2.45, 2.75) is 33.9 Å². The van der Waals surface area contributed by atoms with Gasteiger partial charge in [0.15, 0.2) is 0 Å². The number of nitrogens with one attached hydrogen (secondary N) is 1. The van der Waals surface area contributed by atoms with E-state index in [4.69, 9.17) is 19.7 Å². The highest BCUT2D eigenvalue weighted by molar-refractivity contribution is 7.18. The van der Waals surface area contributed by atoms with Gasteiger partial charge >= 0.3 is 0 Å². The van der Waals surface area contributed by atoms with E-state index in [1.165, 1.54) is 16.0 Å². The molecule has 0 spiro atoms. The molecular formula is C22H26N6OS. The standard InChI is InChI=1S/C22H26N6OS/c1-14-5-4-6-28-12-17(24-21(14)28)11-23-20-19-15(2)16(3)30-22(19)26-18(25-20)13-27-7-9-29-10-8-27/h4-6,12H,7-11,13H2,1-3H3,(H,23,25,26). The number of anilines is 1. The Morgan fingerprint density at radius 2 is 1.97 bits per heavy atom. The first kappa shape index (κ1) is 19.4. The van der Waals surface area contributed by atoms with E-state index in [9.17, 15) is 0 Å². The van der Waals surface area contributed by atoms with Crippen LogP contribution in [0.15, 0.2) is 24.5 Å². The number of morpholine rings is 1. The number of pyridine rings is 1. The van der Waals surface area contributed by atoms with E-state index in [-0.39, 0.29) is 0 Å². The van der Waals surface area contributed by atoms with Crippen molar-refractivity contribution in [2.24, 2.45) is 0 Å². The molecule has 30 heavy (non-hydrogen) atoms. The molecule has 5 heterocycles.